The first-order valence-corrected chi connectivity index (χ1v) is 5.74. The van der Waals surface area contributed by atoms with Gasteiger partial charge in [0.2, 0.25) is 0 Å². The third-order valence-electron chi connectivity index (χ3n) is 2.53. The van der Waals surface area contributed by atoms with E-state index in [1.54, 1.807) is 6.92 Å². The lowest BCUT2D eigenvalue weighted by atomic mass is 10.1. The van der Waals surface area contributed by atoms with Crippen LogP contribution in [0.3, 0.4) is 0 Å². The molecule has 5 heteroatoms. The van der Waals surface area contributed by atoms with Gasteiger partial charge in [0.15, 0.2) is 0 Å². The van der Waals surface area contributed by atoms with Gasteiger partial charge in [-0.25, -0.2) is 9.59 Å². The highest BCUT2D eigenvalue weighted by atomic mass is 16.8. The molecular weight excluding hydrogens is 224 g/mol. The molecule has 2 atom stereocenters. The Morgan fingerprint density at radius 3 is 2.65 bits per heavy atom. The minimum absolute atomic E-state index is 0.181. The maximum Gasteiger partial charge on any atom is 0.509 e. The molecule has 1 fully saturated rings. The summed E-state index contributed by atoms with van der Waals surface area (Å²) in [6.07, 6.45) is 0.975. The molecule has 5 nitrogen and oxygen atoms in total. The van der Waals surface area contributed by atoms with Crippen molar-refractivity contribution >= 4 is 12.1 Å². The van der Waals surface area contributed by atoms with E-state index in [2.05, 4.69) is 6.58 Å². The van der Waals surface area contributed by atoms with Crippen LogP contribution in [0, 0.1) is 0 Å². The molecule has 0 spiro atoms. The molecule has 1 aliphatic rings. The van der Waals surface area contributed by atoms with Crippen molar-refractivity contribution < 1.29 is 23.8 Å². The lowest BCUT2D eigenvalue weighted by molar-refractivity contribution is -0.139. The van der Waals surface area contributed by atoms with Gasteiger partial charge in [-0.15, -0.1) is 0 Å². The van der Waals surface area contributed by atoms with E-state index in [1.165, 1.54) is 0 Å². The molecule has 0 aliphatic carbocycles. The summed E-state index contributed by atoms with van der Waals surface area (Å²) in [7, 11) is 0. The molecule has 96 valence electrons. The highest BCUT2D eigenvalue weighted by Crippen LogP contribution is 2.21. The molecule has 0 aromatic rings. The summed E-state index contributed by atoms with van der Waals surface area (Å²) in [4.78, 5) is 22.0. The second-order valence-corrected chi connectivity index (χ2v) is 4.03. The van der Waals surface area contributed by atoms with Crippen molar-refractivity contribution in [2.24, 2.45) is 0 Å². The van der Waals surface area contributed by atoms with Crippen LogP contribution in [0.5, 0.6) is 0 Å². The Labute approximate surface area is 101 Å². The van der Waals surface area contributed by atoms with Crippen LogP contribution in [0.15, 0.2) is 12.2 Å². The van der Waals surface area contributed by atoms with Gasteiger partial charge in [0.1, 0.15) is 12.2 Å². The quantitative estimate of drug-likeness (QED) is 0.406. The standard InChI is InChI=1S/C12H18O5/c1-4-9-10(17-12(14)16-9)6-5-7-15-11(13)8(2)3/h9-10H,2,4-7H2,1,3H3. The summed E-state index contributed by atoms with van der Waals surface area (Å²) in [5.74, 6) is -0.392. The van der Waals surface area contributed by atoms with Crippen molar-refractivity contribution in [1.29, 1.82) is 0 Å². The summed E-state index contributed by atoms with van der Waals surface area (Å²) in [5, 5.41) is 0. The normalized spacial score (nSPS) is 22.8. The number of carbonyl (C=O) groups excluding carboxylic acids is 2. The summed E-state index contributed by atoms with van der Waals surface area (Å²) >= 11 is 0. The van der Waals surface area contributed by atoms with Crippen LogP contribution < -0.4 is 0 Å². The molecule has 1 heterocycles. The van der Waals surface area contributed by atoms with E-state index in [9.17, 15) is 9.59 Å². The SMILES string of the molecule is C=C(C)C(=O)OCCCC1OC(=O)OC1CC. The predicted molar refractivity (Wildman–Crippen MR) is 60.4 cm³/mol. The van der Waals surface area contributed by atoms with Crippen molar-refractivity contribution in [3.05, 3.63) is 12.2 Å². The maximum absolute atomic E-state index is 11.1. The second-order valence-electron chi connectivity index (χ2n) is 4.03. The van der Waals surface area contributed by atoms with E-state index < -0.39 is 12.1 Å². The Hall–Kier alpha value is -1.52. The topological polar surface area (TPSA) is 61.8 Å². The first-order valence-electron chi connectivity index (χ1n) is 5.74. The summed E-state index contributed by atoms with van der Waals surface area (Å²) < 4.78 is 14.9. The Kier molecular flexibility index (Phi) is 5.00. The Morgan fingerprint density at radius 2 is 2.06 bits per heavy atom. The number of cyclic esters (lactones) is 2. The zero-order valence-electron chi connectivity index (χ0n) is 10.2. The molecule has 0 amide bonds. The first-order chi connectivity index (χ1) is 8.04. The fraction of sp³-hybridized carbons (Fsp3) is 0.667. The van der Waals surface area contributed by atoms with E-state index in [0.29, 0.717) is 25.0 Å². The third-order valence-corrected chi connectivity index (χ3v) is 2.53. The third kappa shape index (κ3) is 4.09. The lowest BCUT2D eigenvalue weighted by Gasteiger charge is -2.13. The average molecular weight is 242 g/mol. The molecular formula is C12H18O5. The molecule has 1 rings (SSSR count). The van der Waals surface area contributed by atoms with Gasteiger partial charge in [0.25, 0.3) is 0 Å². The Morgan fingerprint density at radius 1 is 1.41 bits per heavy atom. The van der Waals surface area contributed by atoms with E-state index in [0.717, 1.165) is 6.42 Å². The summed E-state index contributed by atoms with van der Waals surface area (Å²) in [6, 6.07) is 0. The van der Waals surface area contributed by atoms with Gasteiger partial charge in [-0.05, 0) is 26.2 Å². The number of hydrogen-bond donors (Lipinski definition) is 0. The molecule has 0 saturated carbocycles. The zero-order chi connectivity index (χ0) is 12.8. The van der Waals surface area contributed by atoms with E-state index in [-0.39, 0.29) is 12.2 Å². The van der Waals surface area contributed by atoms with E-state index in [4.69, 9.17) is 14.2 Å². The average Bonchev–Trinajstić information content (AvgIpc) is 2.64. The van der Waals surface area contributed by atoms with Crippen LogP contribution in [-0.2, 0) is 19.0 Å². The number of carbonyl (C=O) groups is 2. The molecule has 0 radical (unpaired) electrons. The molecule has 0 aromatic heterocycles. The first kappa shape index (κ1) is 13.5. The summed E-state index contributed by atoms with van der Waals surface area (Å²) in [6.45, 7) is 7.31. The highest BCUT2D eigenvalue weighted by molar-refractivity contribution is 5.86. The molecule has 0 bridgehead atoms. The largest absolute Gasteiger partial charge is 0.509 e. The summed E-state index contributed by atoms with van der Waals surface area (Å²) in [5.41, 5.74) is 0.382. The van der Waals surface area contributed by atoms with Gasteiger partial charge in [0, 0.05) is 5.57 Å². The number of hydrogen-bond acceptors (Lipinski definition) is 5. The molecule has 0 N–H and O–H groups in total. The fourth-order valence-corrected chi connectivity index (χ4v) is 1.59. The van der Waals surface area contributed by atoms with Crippen molar-refractivity contribution in [1.82, 2.24) is 0 Å². The van der Waals surface area contributed by atoms with Crippen LogP contribution in [0.2, 0.25) is 0 Å². The van der Waals surface area contributed by atoms with Gasteiger partial charge in [-0.1, -0.05) is 13.5 Å². The van der Waals surface area contributed by atoms with E-state index >= 15 is 0 Å². The molecule has 1 aliphatic heterocycles. The molecule has 1 saturated heterocycles. The van der Waals surface area contributed by atoms with Crippen LogP contribution in [-0.4, -0.2) is 30.9 Å². The maximum atomic E-state index is 11.1. The number of rotatable bonds is 6. The fourth-order valence-electron chi connectivity index (χ4n) is 1.59. The van der Waals surface area contributed by atoms with Crippen LogP contribution in [0.1, 0.15) is 33.1 Å². The minimum Gasteiger partial charge on any atom is -0.462 e. The van der Waals surface area contributed by atoms with Gasteiger partial charge < -0.3 is 14.2 Å². The Bertz CT molecular complexity index is 310. The molecule has 2 unspecified atom stereocenters. The van der Waals surface area contributed by atoms with Gasteiger partial charge in [-0.2, -0.15) is 0 Å². The van der Waals surface area contributed by atoms with Gasteiger partial charge >= 0.3 is 12.1 Å². The van der Waals surface area contributed by atoms with E-state index in [1.807, 2.05) is 6.92 Å². The number of ether oxygens (including phenoxy) is 3. The van der Waals surface area contributed by atoms with Crippen LogP contribution in [0.25, 0.3) is 0 Å². The van der Waals surface area contributed by atoms with Crippen molar-refractivity contribution in [3.8, 4) is 0 Å². The highest BCUT2D eigenvalue weighted by Gasteiger charge is 2.34. The second kappa shape index (κ2) is 6.27. The number of esters is 1. The monoisotopic (exact) mass is 242 g/mol. The van der Waals surface area contributed by atoms with Crippen LogP contribution >= 0.6 is 0 Å². The van der Waals surface area contributed by atoms with Crippen molar-refractivity contribution in [3.63, 3.8) is 0 Å². The van der Waals surface area contributed by atoms with Gasteiger partial charge in [-0.3, -0.25) is 0 Å². The van der Waals surface area contributed by atoms with Gasteiger partial charge in [0.05, 0.1) is 6.61 Å². The minimum atomic E-state index is -0.610. The zero-order valence-corrected chi connectivity index (χ0v) is 10.2. The predicted octanol–water partition coefficient (Wildman–Crippen LogP) is 2.20. The van der Waals surface area contributed by atoms with Crippen LogP contribution in [0.4, 0.5) is 4.79 Å². The lowest BCUT2D eigenvalue weighted by Crippen LogP contribution is -2.22. The molecule has 0 aromatic carbocycles. The van der Waals surface area contributed by atoms with Crippen molar-refractivity contribution in [2.45, 2.75) is 45.3 Å². The Balaban J connectivity index is 2.20. The smallest absolute Gasteiger partial charge is 0.462 e. The van der Waals surface area contributed by atoms with Crippen molar-refractivity contribution in [2.75, 3.05) is 6.61 Å². The molecule has 17 heavy (non-hydrogen) atoms.